The second kappa shape index (κ2) is 6.84. The van der Waals surface area contributed by atoms with Gasteiger partial charge in [-0.15, -0.1) is 0 Å². The molecule has 1 aliphatic heterocycles. The molecule has 1 aromatic heterocycles. The number of hydrogen-bond acceptors (Lipinski definition) is 5. The van der Waals surface area contributed by atoms with Crippen LogP contribution < -0.4 is 5.32 Å². The molecule has 0 saturated carbocycles. The highest BCUT2D eigenvalue weighted by Gasteiger charge is 2.31. The summed E-state index contributed by atoms with van der Waals surface area (Å²) in [5, 5.41) is 11.5. The van der Waals surface area contributed by atoms with E-state index in [-0.39, 0.29) is 23.8 Å². The van der Waals surface area contributed by atoms with Gasteiger partial charge in [0.25, 0.3) is 0 Å². The number of imidazole rings is 1. The molecule has 2 heterocycles. The zero-order valence-electron chi connectivity index (χ0n) is 14.2. The lowest BCUT2D eigenvalue weighted by atomic mass is 10.1. The van der Waals surface area contributed by atoms with Gasteiger partial charge in [-0.25, -0.2) is 19.0 Å². The van der Waals surface area contributed by atoms with Crippen LogP contribution >= 0.6 is 0 Å². The molecule has 0 unspecified atom stereocenters. The lowest BCUT2D eigenvalue weighted by Gasteiger charge is -2.34. The summed E-state index contributed by atoms with van der Waals surface area (Å²) in [6, 6.07) is 4.93. The van der Waals surface area contributed by atoms with E-state index in [1.165, 1.54) is 19.2 Å². The molecule has 9 heteroatoms. The molecular weight excluding hydrogens is 341 g/mol. The van der Waals surface area contributed by atoms with E-state index in [2.05, 4.69) is 10.3 Å². The van der Waals surface area contributed by atoms with Crippen molar-refractivity contribution in [3.63, 3.8) is 0 Å². The van der Waals surface area contributed by atoms with Gasteiger partial charge in [-0.2, -0.15) is 5.26 Å². The van der Waals surface area contributed by atoms with Crippen molar-refractivity contribution < 1.29 is 18.7 Å². The van der Waals surface area contributed by atoms with Crippen molar-refractivity contribution in [3.05, 3.63) is 47.3 Å². The van der Waals surface area contributed by atoms with Crippen LogP contribution in [0.2, 0.25) is 0 Å². The normalized spacial score (nSPS) is 15.8. The Morgan fingerprint density at radius 1 is 1.46 bits per heavy atom. The standard InChI is InChI=1S/C17H16FN5O3/c1-10-7-22-9-20-15(16(24)26-2)14(22)8-23(10)17(25)21-12-3-4-13(18)11(5-12)6-19/h3-5,9-10H,7-8H2,1-2H3,(H,21,25)/t10-/m0/s1. The first-order valence-corrected chi connectivity index (χ1v) is 7.84. The van der Waals surface area contributed by atoms with Gasteiger partial charge >= 0.3 is 12.0 Å². The number of benzene rings is 1. The van der Waals surface area contributed by atoms with Gasteiger partial charge < -0.3 is 19.5 Å². The maximum Gasteiger partial charge on any atom is 0.358 e. The third kappa shape index (κ3) is 3.09. The average molecular weight is 357 g/mol. The SMILES string of the molecule is COC(=O)c1ncn2c1CN(C(=O)Nc1ccc(F)c(C#N)c1)[C@@H](C)C2. The first kappa shape index (κ1) is 17.4. The summed E-state index contributed by atoms with van der Waals surface area (Å²) in [6.07, 6.45) is 1.55. The molecule has 0 aliphatic carbocycles. The number of nitrogens with one attached hydrogen (secondary N) is 1. The molecule has 0 radical (unpaired) electrons. The van der Waals surface area contributed by atoms with E-state index in [1.54, 1.807) is 17.3 Å². The van der Waals surface area contributed by atoms with E-state index < -0.39 is 17.8 Å². The molecule has 2 amide bonds. The number of methoxy groups -OCH3 is 1. The van der Waals surface area contributed by atoms with E-state index in [0.29, 0.717) is 17.9 Å². The first-order chi connectivity index (χ1) is 12.4. The van der Waals surface area contributed by atoms with Gasteiger partial charge in [0, 0.05) is 18.3 Å². The van der Waals surface area contributed by atoms with Crippen molar-refractivity contribution in [3.8, 4) is 6.07 Å². The summed E-state index contributed by atoms with van der Waals surface area (Å²) in [7, 11) is 1.27. The van der Waals surface area contributed by atoms with Crippen LogP contribution in [0, 0.1) is 17.1 Å². The molecule has 1 aromatic carbocycles. The number of nitrogens with zero attached hydrogens (tertiary/aromatic N) is 4. The molecule has 2 aromatic rings. The zero-order valence-corrected chi connectivity index (χ0v) is 14.2. The number of fused-ring (bicyclic) bond motifs is 1. The number of aromatic nitrogens is 2. The average Bonchev–Trinajstić information content (AvgIpc) is 3.04. The van der Waals surface area contributed by atoms with Gasteiger partial charge in [0.1, 0.15) is 11.9 Å². The molecule has 1 aliphatic rings. The number of nitriles is 1. The molecule has 0 fully saturated rings. The maximum absolute atomic E-state index is 13.4. The van der Waals surface area contributed by atoms with Crippen LogP contribution in [0.3, 0.4) is 0 Å². The summed E-state index contributed by atoms with van der Waals surface area (Å²) in [4.78, 5) is 30.1. The minimum absolute atomic E-state index is 0.152. The van der Waals surface area contributed by atoms with Crippen LogP contribution in [0.15, 0.2) is 24.5 Å². The van der Waals surface area contributed by atoms with E-state index in [9.17, 15) is 14.0 Å². The maximum atomic E-state index is 13.4. The zero-order chi connectivity index (χ0) is 18.8. The Morgan fingerprint density at radius 2 is 2.23 bits per heavy atom. The molecule has 1 N–H and O–H groups in total. The second-order valence-corrected chi connectivity index (χ2v) is 5.90. The monoisotopic (exact) mass is 357 g/mol. The molecule has 0 saturated heterocycles. The van der Waals surface area contributed by atoms with Crippen molar-refractivity contribution >= 4 is 17.7 Å². The van der Waals surface area contributed by atoms with E-state index in [4.69, 9.17) is 10.00 Å². The number of esters is 1. The highest BCUT2D eigenvalue weighted by molar-refractivity contribution is 5.91. The van der Waals surface area contributed by atoms with Gasteiger partial charge in [0.15, 0.2) is 5.69 Å². The van der Waals surface area contributed by atoms with Crippen LogP contribution in [-0.2, 0) is 17.8 Å². The van der Waals surface area contributed by atoms with Crippen LogP contribution in [0.1, 0.15) is 28.7 Å². The van der Waals surface area contributed by atoms with Crippen molar-refractivity contribution in [1.82, 2.24) is 14.5 Å². The quantitative estimate of drug-likeness (QED) is 0.830. The number of ether oxygens (including phenoxy) is 1. The van der Waals surface area contributed by atoms with Crippen LogP contribution in [-0.4, -0.2) is 39.6 Å². The van der Waals surface area contributed by atoms with Gasteiger partial charge in [-0.1, -0.05) is 0 Å². The van der Waals surface area contributed by atoms with E-state index >= 15 is 0 Å². The number of amides is 2. The summed E-state index contributed by atoms with van der Waals surface area (Å²) in [5.41, 5.74) is 0.917. The van der Waals surface area contributed by atoms with Crippen molar-refractivity contribution in [2.75, 3.05) is 12.4 Å². The molecular formula is C17H16FN5O3. The highest BCUT2D eigenvalue weighted by atomic mass is 19.1. The molecule has 134 valence electrons. The Kier molecular flexibility index (Phi) is 4.58. The molecule has 0 bridgehead atoms. The topological polar surface area (TPSA) is 100 Å². The lowest BCUT2D eigenvalue weighted by molar-refractivity contribution is 0.0589. The molecule has 1 atom stereocenters. The molecule has 8 nitrogen and oxygen atoms in total. The number of rotatable bonds is 2. The van der Waals surface area contributed by atoms with Crippen LogP contribution in [0.4, 0.5) is 14.9 Å². The third-order valence-electron chi connectivity index (χ3n) is 4.24. The minimum atomic E-state index is -0.650. The Hall–Kier alpha value is -3.41. The van der Waals surface area contributed by atoms with Crippen molar-refractivity contribution in [2.24, 2.45) is 0 Å². The minimum Gasteiger partial charge on any atom is -0.464 e. The largest absolute Gasteiger partial charge is 0.464 e. The number of carbonyl (C=O) groups excluding carboxylic acids is 2. The van der Waals surface area contributed by atoms with Crippen molar-refractivity contribution in [2.45, 2.75) is 26.1 Å². The molecule has 3 rings (SSSR count). The Morgan fingerprint density at radius 3 is 2.92 bits per heavy atom. The smallest absolute Gasteiger partial charge is 0.358 e. The summed E-state index contributed by atoms with van der Waals surface area (Å²) in [6.45, 7) is 2.51. The summed E-state index contributed by atoms with van der Waals surface area (Å²) >= 11 is 0. The number of urea groups is 1. The number of carbonyl (C=O) groups is 2. The van der Waals surface area contributed by atoms with Crippen LogP contribution in [0.25, 0.3) is 0 Å². The van der Waals surface area contributed by atoms with Crippen LogP contribution in [0.5, 0.6) is 0 Å². The molecule has 26 heavy (non-hydrogen) atoms. The molecule has 0 spiro atoms. The Bertz CT molecular complexity index is 918. The third-order valence-corrected chi connectivity index (χ3v) is 4.24. The summed E-state index contributed by atoms with van der Waals surface area (Å²) < 4.78 is 19.9. The Balaban J connectivity index is 1.81. The van der Waals surface area contributed by atoms with E-state index in [1.807, 2.05) is 11.5 Å². The lowest BCUT2D eigenvalue weighted by Crippen LogP contribution is -2.46. The predicted molar refractivity (Wildman–Crippen MR) is 88.7 cm³/mol. The van der Waals surface area contributed by atoms with Crippen molar-refractivity contribution in [1.29, 1.82) is 5.26 Å². The Labute approximate surface area is 148 Å². The van der Waals surface area contributed by atoms with Gasteiger partial charge in [-0.3, -0.25) is 0 Å². The second-order valence-electron chi connectivity index (χ2n) is 5.90. The fourth-order valence-electron chi connectivity index (χ4n) is 2.85. The fourth-order valence-corrected chi connectivity index (χ4v) is 2.85. The predicted octanol–water partition coefficient (Wildman–Crippen LogP) is 2.12. The van der Waals surface area contributed by atoms with Gasteiger partial charge in [-0.05, 0) is 25.1 Å². The number of hydrogen-bond donors (Lipinski definition) is 1. The highest BCUT2D eigenvalue weighted by Crippen LogP contribution is 2.22. The number of anilines is 1. The van der Waals surface area contributed by atoms with E-state index in [0.717, 1.165) is 6.07 Å². The number of halogens is 1. The summed E-state index contributed by atoms with van der Waals surface area (Å²) in [5.74, 6) is -1.21. The first-order valence-electron chi connectivity index (χ1n) is 7.84. The van der Waals surface area contributed by atoms with Gasteiger partial charge in [0.05, 0.1) is 31.2 Å². The fraction of sp³-hybridized carbons (Fsp3) is 0.294. The van der Waals surface area contributed by atoms with Gasteiger partial charge in [0.2, 0.25) is 0 Å².